The fraction of sp³-hybridized carbons (Fsp3) is 0.667. The molecule has 1 aliphatic carbocycles. The van der Waals surface area contributed by atoms with E-state index in [2.05, 4.69) is 59.7 Å². The first-order valence-electron chi connectivity index (χ1n) is 9.11. The molecule has 0 spiro atoms. The smallest absolute Gasteiger partial charge is 0.329 e. The zero-order chi connectivity index (χ0) is 18.8. The van der Waals surface area contributed by atoms with Crippen molar-refractivity contribution in [1.82, 2.24) is 0 Å². The number of carboxylic acids is 1. The lowest BCUT2D eigenvalue weighted by Crippen LogP contribution is -2.17. The second-order valence-electron chi connectivity index (χ2n) is 9.13. The summed E-state index contributed by atoms with van der Waals surface area (Å²) in [5.74, 6) is -0.885. The van der Waals surface area contributed by atoms with E-state index in [9.17, 15) is 4.79 Å². The van der Waals surface area contributed by atoms with Gasteiger partial charge in [-0.3, -0.25) is 0 Å². The Morgan fingerprint density at radius 3 is 2.12 bits per heavy atom. The van der Waals surface area contributed by atoms with Gasteiger partial charge in [0.25, 0.3) is 0 Å². The van der Waals surface area contributed by atoms with Crippen LogP contribution in [0.4, 0.5) is 0 Å². The molecule has 1 aromatic rings. The van der Waals surface area contributed by atoms with E-state index in [0.29, 0.717) is 5.25 Å². The summed E-state index contributed by atoms with van der Waals surface area (Å²) in [5.41, 5.74) is 3.00. The van der Waals surface area contributed by atoms with E-state index in [1.54, 1.807) is 0 Å². The van der Waals surface area contributed by atoms with Gasteiger partial charge in [0, 0.05) is 10.1 Å². The number of thioether (sulfide) groups is 1. The van der Waals surface area contributed by atoms with Crippen molar-refractivity contribution in [2.45, 2.75) is 87.9 Å². The van der Waals surface area contributed by atoms with Crippen molar-refractivity contribution in [3.05, 3.63) is 29.3 Å². The van der Waals surface area contributed by atoms with Crippen molar-refractivity contribution >= 4 is 17.7 Å². The average molecular weight is 365 g/mol. The lowest BCUT2D eigenvalue weighted by Gasteiger charge is -2.26. The van der Waals surface area contributed by atoms with Crippen LogP contribution in [0.5, 0.6) is 0 Å². The lowest BCUT2D eigenvalue weighted by molar-refractivity contribution is -0.144. The molecule has 0 saturated heterocycles. The van der Waals surface area contributed by atoms with E-state index in [4.69, 9.17) is 9.84 Å². The molecule has 1 N–H and O–H groups in total. The predicted molar refractivity (Wildman–Crippen MR) is 105 cm³/mol. The Labute approximate surface area is 156 Å². The highest BCUT2D eigenvalue weighted by molar-refractivity contribution is 8.00. The number of carboxylic acid groups (broad SMARTS) is 1. The molecule has 25 heavy (non-hydrogen) atoms. The van der Waals surface area contributed by atoms with Crippen LogP contribution in [0.25, 0.3) is 0 Å². The summed E-state index contributed by atoms with van der Waals surface area (Å²) in [7, 11) is 0. The van der Waals surface area contributed by atoms with Gasteiger partial charge in [0.1, 0.15) is 6.61 Å². The van der Waals surface area contributed by atoms with Gasteiger partial charge in [0.05, 0.1) is 6.10 Å². The molecule has 1 saturated carbocycles. The molecular formula is C21H32O3S. The van der Waals surface area contributed by atoms with Crippen LogP contribution in [0.15, 0.2) is 23.1 Å². The molecule has 0 heterocycles. The molecule has 0 radical (unpaired) electrons. The summed E-state index contributed by atoms with van der Waals surface area (Å²) in [5, 5.41) is 9.26. The molecule has 0 amide bonds. The number of benzene rings is 1. The fourth-order valence-corrected chi connectivity index (χ4v) is 4.41. The van der Waals surface area contributed by atoms with Crippen molar-refractivity contribution in [3.63, 3.8) is 0 Å². The van der Waals surface area contributed by atoms with Gasteiger partial charge in [0.2, 0.25) is 0 Å². The molecule has 1 fully saturated rings. The Kier molecular flexibility index (Phi) is 6.26. The van der Waals surface area contributed by atoms with Crippen molar-refractivity contribution < 1.29 is 14.6 Å². The van der Waals surface area contributed by atoms with Gasteiger partial charge in [0.15, 0.2) is 0 Å². The molecule has 1 unspecified atom stereocenters. The van der Waals surface area contributed by atoms with E-state index in [1.807, 2.05) is 11.8 Å². The molecule has 1 aromatic carbocycles. The minimum atomic E-state index is -0.885. The molecule has 0 aliphatic heterocycles. The van der Waals surface area contributed by atoms with Gasteiger partial charge in [-0.1, -0.05) is 47.6 Å². The first-order valence-corrected chi connectivity index (χ1v) is 9.99. The van der Waals surface area contributed by atoms with Gasteiger partial charge >= 0.3 is 5.97 Å². The van der Waals surface area contributed by atoms with Crippen molar-refractivity contribution in [2.24, 2.45) is 0 Å². The highest BCUT2D eigenvalue weighted by atomic mass is 32.2. The maximum absolute atomic E-state index is 10.7. The molecule has 1 aliphatic rings. The second kappa shape index (κ2) is 7.71. The Bertz CT molecular complexity index is 578. The number of ether oxygens (including phenoxy) is 1. The van der Waals surface area contributed by atoms with Crippen LogP contribution in [-0.2, 0) is 20.4 Å². The number of hydrogen-bond donors (Lipinski definition) is 1. The summed E-state index contributed by atoms with van der Waals surface area (Å²) in [6.45, 7) is 13.4. The first-order chi connectivity index (χ1) is 11.4. The third kappa shape index (κ3) is 6.03. The monoisotopic (exact) mass is 364 g/mol. The van der Waals surface area contributed by atoms with Crippen LogP contribution < -0.4 is 0 Å². The minimum Gasteiger partial charge on any atom is -0.480 e. The molecule has 4 heteroatoms. The van der Waals surface area contributed by atoms with Crippen LogP contribution >= 0.6 is 11.8 Å². The quantitative estimate of drug-likeness (QED) is 0.760. The lowest BCUT2D eigenvalue weighted by atomic mass is 9.81. The molecule has 140 valence electrons. The zero-order valence-electron chi connectivity index (χ0n) is 16.4. The number of rotatable bonds is 5. The summed E-state index contributed by atoms with van der Waals surface area (Å²) in [6.07, 6.45) is 3.06. The molecule has 2 atom stereocenters. The summed E-state index contributed by atoms with van der Waals surface area (Å²) < 4.78 is 5.48. The predicted octanol–water partition coefficient (Wildman–Crippen LogP) is 5.40. The van der Waals surface area contributed by atoms with E-state index in [-0.39, 0.29) is 23.5 Å². The van der Waals surface area contributed by atoms with E-state index in [0.717, 1.165) is 19.3 Å². The van der Waals surface area contributed by atoms with Crippen molar-refractivity contribution in [2.75, 3.05) is 6.61 Å². The first kappa shape index (κ1) is 20.3. The number of hydrogen-bond acceptors (Lipinski definition) is 3. The summed E-state index contributed by atoms with van der Waals surface area (Å²) >= 11 is 1.92. The van der Waals surface area contributed by atoms with Gasteiger partial charge < -0.3 is 9.84 Å². The summed E-state index contributed by atoms with van der Waals surface area (Å²) in [6, 6.07) is 6.99. The SMILES string of the molecule is CC(C)(C)c1cc(SC2CC[C@H](OCC(=O)O)C2)cc(C(C)(C)C)c1. The van der Waals surface area contributed by atoms with Crippen LogP contribution in [0.2, 0.25) is 0 Å². The maximum Gasteiger partial charge on any atom is 0.329 e. The number of carbonyl (C=O) groups is 1. The molecular weight excluding hydrogens is 332 g/mol. The van der Waals surface area contributed by atoms with Gasteiger partial charge in [-0.15, -0.1) is 11.8 Å². The van der Waals surface area contributed by atoms with Crippen molar-refractivity contribution in [3.8, 4) is 0 Å². The highest BCUT2D eigenvalue weighted by Crippen LogP contribution is 2.39. The Morgan fingerprint density at radius 2 is 1.64 bits per heavy atom. The van der Waals surface area contributed by atoms with Crippen LogP contribution in [-0.4, -0.2) is 29.0 Å². The average Bonchev–Trinajstić information content (AvgIpc) is 2.90. The zero-order valence-corrected chi connectivity index (χ0v) is 17.2. The largest absolute Gasteiger partial charge is 0.480 e. The maximum atomic E-state index is 10.7. The van der Waals surface area contributed by atoms with Crippen molar-refractivity contribution in [1.29, 1.82) is 0 Å². The van der Waals surface area contributed by atoms with Gasteiger partial charge in [-0.2, -0.15) is 0 Å². The van der Waals surface area contributed by atoms with Gasteiger partial charge in [-0.05, 0) is 53.4 Å². The molecule has 3 nitrogen and oxygen atoms in total. The molecule has 2 rings (SSSR count). The van der Waals surface area contributed by atoms with E-state index in [1.165, 1.54) is 16.0 Å². The highest BCUT2D eigenvalue weighted by Gasteiger charge is 2.28. The Morgan fingerprint density at radius 1 is 1.08 bits per heavy atom. The minimum absolute atomic E-state index is 0.0847. The summed E-state index contributed by atoms with van der Waals surface area (Å²) in [4.78, 5) is 12.0. The third-order valence-corrected chi connectivity index (χ3v) is 5.99. The fourth-order valence-electron chi connectivity index (χ4n) is 3.07. The third-order valence-electron chi connectivity index (χ3n) is 4.72. The second-order valence-corrected chi connectivity index (χ2v) is 10.5. The molecule has 0 bridgehead atoms. The Hall–Kier alpha value is -1.00. The number of aliphatic carboxylic acids is 1. The standard InChI is InChI=1S/C21H32O3S/c1-20(2,3)14-9-15(21(4,5)6)11-18(10-14)25-17-8-7-16(12-17)24-13-19(22)23/h9-11,16-17H,7-8,12-13H2,1-6H3,(H,22,23)/t16-,17?/m0/s1. The molecule has 0 aromatic heterocycles. The van der Waals surface area contributed by atoms with Crippen LogP contribution in [0.1, 0.15) is 71.9 Å². The van der Waals surface area contributed by atoms with Crippen LogP contribution in [0, 0.1) is 0 Å². The van der Waals surface area contributed by atoms with Gasteiger partial charge in [-0.25, -0.2) is 4.79 Å². The normalized spacial score (nSPS) is 21.5. The Balaban J connectivity index is 2.12. The van der Waals surface area contributed by atoms with E-state index < -0.39 is 5.97 Å². The van der Waals surface area contributed by atoms with E-state index >= 15 is 0 Å². The van der Waals surface area contributed by atoms with Crippen LogP contribution in [0.3, 0.4) is 0 Å². The topological polar surface area (TPSA) is 46.5 Å².